The number of likely N-dealkylation sites (N-methyl/N-ethyl adjacent to an activating group) is 1. The standard InChI is InChI=1S/C29H33Cl2N3O4S/c1-5-27(29(36)32-6-2)33(18-22-9-7-8-10-25(22)30)28(35)19-34(23-14-13-21(4)26(31)17-23)39(37,38)24-15-11-20(3)12-16-24/h7-17,27H,5-6,18-19H2,1-4H3,(H,32,36). The van der Waals surface area contributed by atoms with E-state index in [1.807, 2.05) is 6.92 Å². The molecule has 0 heterocycles. The van der Waals surface area contributed by atoms with Crippen LogP contribution in [0, 0.1) is 13.8 Å². The number of amides is 2. The van der Waals surface area contributed by atoms with Crippen LogP contribution in [0.3, 0.4) is 0 Å². The number of nitrogens with zero attached hydrogens (tertiary/aromatic N) is 2. The molecule has 39 heavy (non-hydrogen) atoms. The number of halogens is 2. The van der Waals surface area contributed by atoms with Crippen molar-refractivity contribution in [2.24, 2.45) is 0 Å². The van der Waals surface area contributed by atoms with E-state index in [0.29, 0.717) is 28.6 Å². The van der Waals surface area contributed by atoms with Crippen LogP contribution in [-0.2, 0) is 26.2 Å². The molecule has 1 unspecified atom stereocenters. The number of nitrogens with one attached hydrogen (secondary N) is 1. The van der Waals surface area contributed by atoms with Gasteiger partial charge in [-0.3, -0.25) is 13.9 Å². The predicted molar refractivity (Wildman–Crippen MR) is 157 cm³/mol. The SMILES string of the molecule is CCNC(=O)C(CC)N(Cc1ccccc1Cl)C(=O)CN(c1ccc(C)c(Cl)c1)S(=O)(=O)c1ccc(C)cc1. The van der Waals surface area contributed by atoms with E-state index in [4.69, 9.17) is 23.2 Å². The molecule has 0 aliphatic rings. The lowest BCUT2D eigenvalue weighted by Gasteiger charge is -2.33. The quantitative estimate of drug-likeness (QED) is 0.308. The summed E-state index contributed by atoms with van der Waals surface area (Å²) in [6, 6.07) is 17.4. The van der Waals surface area contributed by atoms with Crippen LogP contribution in [0.5, 0.6) is 0 Å². The molecule has 2 amide bonds. The number of benzene rings is 3. The van der Waals surface area contributed by atoms with Crippen LogP contribution in [0.15, 0.2) is 71.6 Å². The molecular weight excluding hydrogens is 557 g/mol. The molecule has 3 aromatic rings. The van der Waals surface area contributed by atoms with Crippen LogP contribution >= 0.6 is 23.2 Å². The zero-order valence-corrected chi connectivity index (χ0v) is 24.8. The molecule has 0 saturated heterocycles. The zero-order valence-electron chi connectivity index (χ0n) is 22.4. The smallest absolute Gasteiger partial charge is 0.264 e. The highest BCUT2D eigenvalue weighted by Gasteiger charge is 2.34. The van der Waals surface area contributed by atoms with Crippen molar-refractivity contribution >= 4 is 50.7 Å². The highest BCUT2D eigenvalue weighted by atomic mass is 35.5. The zero-order chi connectivity index (χ0) is 28.7. The van der Waals surface area contributed by atoms with Gasteiger partial charge in [-0.2, -0.15) is 0 Å². The second-order valence-electron chi connectivity index (χ2n) is 9.19. The van der Waals surface area contributed by atoms with Gasteiger partial charge in [0.2, 0.25) is 11.8 Å². The first-order valence-corrected chi connectivity index (χ1v) is 14.8. The van der Waals surface area contributed by atoms with E-state index in [2.05, 4.69) is 5.32 Å². The molecular formula is C29H33Cl2N3O4S. The molecule has 0 aromatic heterocycles. The van der Waals surface area contributed by atoms with E-state index in [9.17, 15) is 18.0 Å². The van der Waals surface area contributed by atoms with Gasteiger partial charge in [-0.25, -0.2) is 8.42 Å². The van der Waals surface area contributed by atoms with E-state index < -0.39 is 28.5 Å². The maximum Gasteiger partial charge on any atom is 0.264 e. The molecule has 208 valence electrons. The van der Waals surface area contributed by atoms with Crippen molar-refractivity contribution < 1.29 is 18.0 Å². The lowest BCUT2D eigenvalue weighted by Crippen LogP contribution is -2.52. The third kappa shape index (κ3) is 7.32. The molecule has 0 radical (unpaired) electrons. The number of anilines is 1. The molecule has 0 aliphatic heterocycles. The Kier molecular flexibility index (Phi) is 10.4. The van der Waals surface area contributed by atoms with Crippen molar-refractivity contribution in [3.8, 4) is 0 Å². The van der Waals surface area contributed by atoms with Crippen molar-refractivity contribution in [3.05, 3.63) is 93.5 Å². The second kappa shape index (κ2) is 13.3. The van der Waals surface area contributed by atoms with Crippen molar-refractivity contribution in [1.82, 2.24) is 10.2 Å². The van der Waals surface area contributed by atoms with Crippen LogP contribution in [0.1, 0.15) is 37.0 Å². The summed E-state index contributed by atoms with van der Waals surface area (Å²) in [5, 5.41) is 3.58. The first-order chi connectivity index (χ1) is 18.5. The van der Waals surface area contributed by atoms with E-state index >= 15 is 0 Å². The fourth-order valence-electron chi connectivity index (χ4n) is 4.12. The molecule has 7 nitrogen and oxygen atoms in total. The minimum absolute atomic E-state index is 0.0290. The maximum atomic E-state index is 14.0. The molecule has 10 heteroatoms. The van der Waals surface area contributed by atoms with E-state index in [1.54, 1.807) is 69.3 Å². The average Bonchev–Trinajstić information content (AvgIpc) is 2.90. The van der Waals surface area contributed by atoms with Gasteiger partial charge < -0.3 is 10.2 Å². The minimum atomic E-state index is -4.17. The average molecular weight is 591 g/mol. The Bertz CT molecular complexity index is 1430. The fraction of sp³-hybridized carbons (Fsp3) is 0.310. The number of carbonyl (C=O) groups is 2. The number of hydrogen-bond donors (Lipinski definition) is 1. The van der Waals surface area contributed by atoms with Gasteiger partial charge in [0.1, 0.15) is 12.6 Å². The summed E-state index contributed by atoms with van der Waals surface area (Å²) in [7, 11) is -4.17. The number of rotatable bonds is 11. The third-order valence-corrected chi connectivity index (χ3v) is 8.93. The lowest BCUT2D eigenvalue weighted by atomic mass is 10.1. The minimum Gasteiger partial charge on any atom is -0.355 e. The van der Waals surface area contributed by atoms with Gasteiger partial charge in [0.05, 0.1) is 10.6 Å². The van der Waals surface area contributed by atoms with Gasteiger partial charge in [-0.05, 0) is 68.7 Å². The van der Waals surface area contributed by atoms with Gasteiger partial charge in [-0.15, -0.1) is 0 Å². The van der Waals surface area contributed by atoms with Crippen molar-refractivity contribution in [3.63, 3.8) is 0 Å². The molecule has 1 atom stereocenters. The van der Waals surface area contributed by atoms with E-state index in [-0.39, 0.29) is 23.0 Å². The van der Waals surface area contributed by atoms with Crippen LogP contribution < -0.4 is 9.62 Å². The van der Waals surface area contributed by atoms with Crippen LogP contribution in [0.2, 0.25) is 10.0 Å². The largest absolute Gasteiger partial charge is 0.355 e. The van der Waals surface area contributed by atoms with Crippen molar-refractivity contribution in [1.29, 1.82) is 0 Å². The van der Waals surface area contributed by atoms with Gasteiger partial charge in [0.15, 0.2) is 0 Å². The summed E-state index contributed by atoms with van der Waals surface area (Å²) >= 11 is 12.8. The molecule has 0 bridgehead atoms. The van der Waals surface area contributed by atoms with Crippen LogP contribution in [-0.4, -0.2) is 44.3 Å². The highest BCUT2D eigenvalue weighted by molar-refractivity contribution is 7.92. The molecule has 0 spiro atoms. The Morgan fingerprint density at radius 1 is 0.923 bits per heavy atom. The lowest BCUT2D eigenvalue weighted by molar-refractivity contribution is -0.140. The Balaban J connectivity index is 2.10. The molecule has 0 fully saturated rings. The number of aryl methyl sites for hydroxylation is 2. The normalized spacial score (nSPS) is 12.1. The Labute approximate surface area is 240 Å². The molecule has 0 saturated carbocycles. The summed E-state index contributed by atoms with van der Waals surface area (Å²) in [5.74, 6) is -0.882. The van der Waals surface area contributed by atoms with Crippen molar-refractivity contribution in [2.75, 3.05) is 17.4 Å². The monoisotopic (exact) mass is 589 g/mol. The maximum absolute atomic E-state index is 14.0. The first-order valence-electron chi connectivity index (χ1n) is 12.7. The predicted octanol–water partition coefficient (Wildman–Crippen LogP) is 5.75. The highest BCUT2D eigenvalue weighted by Crippen LogP contribution is 2.29. The van der Waals surface area contributed by atoms with Gasteiger partial charge in [0, 0.05) is 23.1 Å². The van der Waals surface area contributed by atoms with E-state index in [0.717, 1.165) is 15.4 Å². The summed E-state index contributed by atoms with van der Waals surface area (Å²) in [6.07, 6.45) is 0.323. The van der Waals surface area contributed by atoms with Crippen molar-refractivity contribution in [2.45, 2.75) is 51.6 Å². The number of hydrogen-bond acceptors (Lipinski definition) is 4. The molecule has 1 N–H and O–H groups in total. The Hall–Kier alpha value is -3.07. The number of carbonyl (C=O) groups excluding carboxylic acids is 2. The Morgan fingerprint density at radius 3 is 2.18 bits per heavy atom. The third-order valence-electron chi connectivity index (χ3n) is 6.37. The topological polar surface area (TPSA) is 86.8 Å². The summed E-state index contributed by atoms with van der Waals surface area (Å²) in [6.45, 7) is 7.13. The number of sulfonamides is 1. The second-order valence-corrected chi connectivity index (χ2v) is 11.9. The first kappa shape index (κ1) is 30.5. The summed E-state index contributed by atoms with van der Waals surface area (Å²) in [4.78, 5) is 28.4. The van der Waals surface area contributed by atoms with Crippen LogP contribution in [0.25, 0.3) is 0 Å². The molecule has 3 aromatic carbocycles. The van der Waals surface area contributed by atoms with E-state index in [1.165, 1.54) is 23.1 Å². The van der Waals surface area contributed by atoms with Crippen LogP contribution in [0.4, 0.5) is 5.69 Å². The summed E-state index contributed by atoms with van der Waals surface area (Å²) in [5.41, 5.74) is 2.54. The van der Waals surface area contributed by atoms with Gasteiger partial charge >= 0.3 is 0 Å². The Morgan fingerprint density at radius 2 is 1.59 bits per heavy atom. The molecule has 0 aliphatic carbocycles. The van der Waals surface area contributed by atoms with Gasteiger partial charge in [-0.1, -0.05) is 72.1 Å². The fourth-order valence-corrected chi connectivity index (χ4v) is 5.90. The molecule has 3 rings (SSSR count). The summed E-state index contributed by atoms with van der Waals surface area (Å²) < 4.78 is 28.8. The van der Waals surface area contributed by atoms with Gasteiger partial charge in [0.25, 0.3) is 10.0 Å².